The summed E-state index contributed by atoms with van der Waals surface area (Å²) in [6.07, 6.45) is 0.412. The Balaban J connectivity index is 2.68. The van der Waals surface area contributed by atoms with Crippen molar-refractivity contribution in [2.24, 2.45) is 0 Å². The number of nitrogens with one attached hydrogen (secondary N) is 1. The molecule has 0 aliphatic carbocycles. The quantitative estimate of drug-likeness (QED) is 0.828. The van der Waals surface area contributed by atoms with Crippen LogP contribution in [0.3, 0.4) is 0 Å². The van der Waals surface area contributed by atoms with Crippen LogP contribution in [-0.2, 0) is 9.53 Å². The molecule has 0 spiro atoms. The van der Waals surface area contributed by atoms with Crippen molar-refractivity contribution in [2.45, 2.75) is 32.8 Å². The van der Waals surface area contributed by atoms with E-state index in [0.29, 0.717) is 12.1 Å². The van der Waals surface area contributed by atoms with E-state index in [9.17, 15) is 4.79 Å². The van der Waals surface area contributed by atoms with E-state index in [4.69, 9.17) is 9.84 Å². The number of aliphatic hydroxyl groups excluding tert-OH is 1. The van der Waals surface area contributed by atoms with Crippen LogP contribution < -0.4 is 5.32 Å². The first kappa shape index (κ1) is 16.2. The van der Waals surface area contributed by atoms with Gasteiger partial charge >= 0.3 is 0 Å². The topological polar surface area (TPSA) is 58.6 Å². The second-order valence-corrected chi connectivity index (χ2v) is 5.27. The number of amides is 1. The standard InChI is InChI=1S/C16H21NO3/c1-16(2,3)20-12-15(19)17-14-10-5-4-8-13(14)9-6-7-11-18/h4-5,8,10,18H,7,11-12H2,1-3H3,(H,17,19). The lowest BCUT2D eigenvalue weighted by Gasteiger charge is -2.19. The number of benzene rings is 1. The Morgan fingerprint density at radius 3 is 2.70 bits per heavy atom. The number of aliphatic hydroxyl groups is 1. The van der Waals surface area contributed by atoms with Gasteiger partial charge < -0.3 is 15.2 Å². The molecule has 0 radical (unpaired) electrons. The molecule has 0 bridgehead atoms. The van der Waals surface area contributed by atoms with Crippen LogP contribution in [0.25, 0.3) is 0 Å². The first-order chi connectivity index (χ1) is 9.42. The molecule has 0 aliphatic heterocycles. The molecule has 0 saturated heterocycles. The van der Waals surface area contributed by atoms with E-state index in [1.54, 1.807) is 6.07 Å². The molecule has 2 N–H and O–H groups in total. The molecule has 0 aliphatic rings. The van der Waals surface area contributed by atoms with Crippen molar-refractivity contribution in [3.63, 3.8) is 0 Å². The Morgan fingerprint density at radius 2 is 2.05 bits per heavy atom. The molecule has 0 fully saturated rings. The maximum absolute atomic E-state index is 11.8. The lowest BCUT2D eigenvalue weighted by molar-refractivity contribution is -0.125. The summed E-state index contributed by atoms with van der Waals surface area (Å²) in [5, 5.41) is 11.5. The zero-order valence-electron chi connectivity index (χ0n) is 12.2. The molecule has 0 unspecified atom stereocenters. The number of rotatable bonds is 4. The van der Waals surface area contributed by atoms with Crippen molar-refractivity contribution in [1.29, 1.82) is 0 Å². The lowest BCUT2D eigenvalue weighted by Crippen LogP contribution is -2.27. The molecule has 1 amide bonds. The van der Waals surface area contributed by atoms with Crippen LogP contribution in [0.2, 0.25) is 0 Å². The van der Waals surface area contributed by atoms with Crippen molar-refractivity contribution in [2.75, 3.05) is 18.5 Å². The molecule has 4 nitrogen and oxygen atoms in total. The van der Waals surface area contributed by atoms with Gasteiger partial charge in [0.2, 0.25) is 5.91 Å². The van der Waals surface area contributed by atoms with Crippen molar-refractivity contribution in [3.05, 3.63) is 29.8 Å². The smallest absolute Gasteiger partial charge is 0.250 e. The zero-order valence-corrected chi connectivity index (χ0v) is 12.2. The van der Waals surface area contributed by atoms with E-state index in [0.717, 1.165) is 5.56 Å². The van der Waals surface area contributed by atoms with Crippen molar-refractivity contribution >= 4 is 11.6 Å². The van der Waals surface area contributed by atoms with Crippen LogP contribution in [0, 0.1) is 11.8 Å². The maximum Gasteiger partial charge on any atom is 0.250 e. The average Bonchev–Trinajstić information content (AvgIpc) is 2.38. The van der Waals surface area contributed by atoms with E-state index in [1.807, 2.05) is 39.0 Å². The largest absolute Gasteiger partial charge is 0.395 e. The normalized spacial score (nSPS) is 10.6. The monoisotopic (exact) mass is 275 g/mol. The highest BCUT2D eigenvalue weighted by atomic mass is 16.5. The van der Waals surface area contributed by atoms with E-state index in [-0.39, 0.29) is 24.7 Å². The number of carbonyl (C=O) groups is 1. The summed E-state index contributed by atoms with van der Waals surface area (Å²) in [5.74, 6) is 5.55. The van der Waals surface area contributed by atoms with Crippen LogP contribution in [0.5, 0.6) is 0 Å². The molecule has 108 valence electrons. The molecule has 0 saturated carbocycles. The number of hydrogen-bond donors (Lipinski definition) is 2. The summed E-state index contributed by atoms with van der Waals surface area (Å²) in [6, 6.07) is 7.30. The Bertz CT molecular complexity index is 506. The summed E-state index contributed by atoms with van der Waals surface area (Å²) < 4.78 is 5.42. The Kier molecular flexibility index (Phi) is 6.23. The van der Waals surface area contributed by atoms with Crippen LogP contribution in [0.1, 0.15) is 32.8 Å². The fourth-order valence-electron chi connectivity index (χ4n) is 1.38. The SMILES string of the molecule is CC(C)(C)OCC(=O)Nc1ccccc1C#CCCO. The van der Waals surface area contributed by atoms with Crippen LogP contribution in [0.15, 0.2) is 24.3 Å². The third-order valence-electron chi connectivity index (χ3n) is 2.30. The van der Waals surface area contributed by atoms with E-state index in [2.05, 4.69) is 17.2 Å². The van der Waals surface area contributed by atoms with Gasteiger partial charge in [-0.3, -0.25) is 4.79 Å². The second-order valence-electron chi connectivity index (χ2n) is 5.27. The molecule has 1 rings (SSSR count). The van der Waals surface area contributed by atoms with Gasteiger partial charge in [0, 0.05) is 12.0 Å². The summed E-state index contributed by atoms with van der Waals surface area (Å²) in [7, 11) is 0. The molecule has 0 atom stereocenters. The summed E-state index contributed by atoms with van der Waals surface area (Å²) in [4.78, 5) is 11.8. The molecule has 4 heteroatoms. The van der Waals surface area contributed by atoms with E-state index < -0.39 is 0 Å². The lowest BCUT2D eigenvalue weighted by atomic mass is 10.1. The van der Waals surface area contributed by atoms with Crippen molar-refractivity contribution in [1.82, 2.24) is 0 Å². The molecule has 1 aromatic rings. The van der Waals surface area contributed by atoms with Crippen molar-refractivity contribution < 1.29 is 14.6 Å². The Morgan fingerprint density at radius 1 is 1.35 bits per heavy atom. The van der Waals surface area contributed by atoms with Gasteiger partial charge in [-0.2, -0.15) is 0 Å². The summed E-state index contributed by atoms with van der Waals surface area (Å²) in [5.41, 5.74) is 1.03. The van der Waals surface area contributed by atoms with E-state index in [1.165, 1.54) is 0 Å². The maximum atomic E-state index is 11.8. The first-order valence-electron chi connectivity index (χ1n) is 6.55. The van der Waals surface area contributed by atoms with Gasteiger partial charge in [-0.1, -0.05) is 24.0 Å². The minimum Gasteiger partial charge on any atom is -0.395 e. The fourth-order valence-corrected chi connectivity index (χ4v) is 1.38. The minimum absolute atomic E-state index is 0.00189. The number of anilines is 1. The predicted octanol–water partition coefficient (Wildman–Crippen LogP) is 2.17. The van der Waals surface area contributed by atoms with Gasteiger partial charge in [0.15, 0.2) is 0 Å². The van der Waals surface area contributed by atoms with Gasteiger partial charge in [0.25, 0.3) is 0 Å². The van der Waals surface area contributed by atoms with Gasteiger partial charge in [-0.25, -0.2) is 0 Å². The molecule has 0 aromatic heterocycles. The number of ether oxygens (including phenoxy) is 1. The van der Waals surface area contributed by atoms with Gasteiger partial charge in [0.05, 0.1) is 17.9 Å². The Labute approximate surface area is 120 Å². The Hall–Kier alpha value is -1.83. The van der Waals surface area contributed by atoms with E-state index >= 15 is 0 Å². The number of hydrogen-bond acceptors (Lipinski definition) is 3. The van der Waals surface area contributed by atoms with Gasteiger partial charge in [-0.05, 0) is 32.9 Å². The highest BCUT2D eigenvalue weighted by molar-refractivity contribution is 5.93. The van der Waals surface area contributed by atoms with Crippen LogP contribution in [0.4, 0.5) is 5.69 Å². The predicted molar refractivity (Wildman–Crippen MR) is 79.4 cm³/mol. The minimum atomic E-state index is -0.349. The third-order valence-corrected chi connectivity index (χ3v) is 2.30. The summed E-state index contributed by atoms with van der Waals surface area (Å²) >= 11 is 0. The fraction of sp³-hybridized carbons (Fsp3) is 0.438. The first-order valence-corrected chi connectivity index (χ1v) is 6.55. The molecule has 20 heavy (non-hydrogen) atoms. The highest BCUT2D eigenvalue weighted by Gasteiger charge is 2.13. The van der Waals surface area contributed by atoms with Gasteiger partial charge in [-0.15, -0.1) is 0 Å². The van der Waals surface area contributed by atoms with Crippen LogP contribution in [-0.4, -0.2) is 29.8 Å². The molecule has 0 heterocycles. The number of carbonyl (C=O) groups excluding carboxylic acids is 1. The second kappa shape index (κ2) is 7.68. The van der Waals surface area contributed by atoms with Crippen molar-refractivity contribution in [3.8, 4) is 11.8 Å². The number of para-hydroxylation sites is 1. The zero-order chi connectivity index (χ0) is 15.0. The van der Waals surface area contributed by atoms with Crippen LogP contribution >= 0.6 is 0 Å². The summed E-state index contributed by atoms with van der Waals surface area (Å²) in [6.45, 7) is 5.72. The van der Waals surface area contributed by atoms with Gasteiger partial charge in [0.1, 0.15) is 6.61 Å². The molecular formula is C16H21NO3. The molecule has 1 aromatic carbocycles. The molecular weight excluding hydrogens is 254 g/mol. The third kappa shape index (κ3) is 6.37. The average molecular weight is 275 g/mol. The highest BCUT2D eigenvalue weighted by Crippen LogP contribution is 2.14.